The summed E-state index contributed by atoms with van der Waals surface area (Å²) in [6.07, 6.45) is 1.71. The van der Waals surface area contributed by atoms with Crippen LogP contribution in [0.2, 0.25) is 0 Å². The molecule has 104 heavy (non-hydrogen) atoms. The summed E-state index contributed by atoms with van der Waals surface area (Å²) in [5.41, 5.74) is 8.79. The third-order valence-electron chi connectivity index (χ3n) is 18.2. The molecule has 0 aromatic heterocycles. The van der Waals surface area contributed by atoms with Crippen LogP contribution in [0.15, 0.2) is 206 Å². The van der Waals surface area contributed by atoms with Crippen LogP contribution >= 0.6 is 0 Å². The molecule has 0 aliphatic heterocycles. The van der Waals surface area contributed by atoms with Crippen molar-refractivity contribution >= 4 is 23.9 Å². The topological polar surface area (TPSA) is 124 Å². The van der Waals surface area contributed by atoms with Gasteiger partial charge in [-0.05, 0) is 61.3 Å². The summed E-state index contributed by atoms with van der Waals surface area (Å²) in [7, 11) is 21.7. The van der Waals surface area contributed by atoms with Crippen LogP contribution in [0.3, 0.4) is 0 Å². The lowest BCUT2D eigenvalue weighted by atomic mass is 9.65. The number of hydrogen-bond acceptors (Lipinski definition) is 10. The van der Waals surface area contributed by atoms with Gasteiger partial charge in [-0.15, -0.1) is 0 Å². The van der Waals surface area contributed by atoms with Crippen LogP contribution in [0.5, 0.6) is 5.75 Å². The molecule has 570 valence electrons. The molecule has 0 saturated heterocycles. The molecular weight excluding hydrogens is 1300 g/mol. The molecule has 0 bridgehead atoms. The largest absolute Gasteiger partial charge is 0.491 e. The minimum atomic E-state index is -0.420. The zero-order valence-electron chi connectivity index (χ0n) is 67.6. The summed E-state index contributed by atoms with van der Waals surface area (Å²) in [6.45, 7) is 33.4. The van der Waals surface area contributed by atoms with Gasteiger partial charge in [-0.1, -0.05) is 236 Å². The molecule has 0 heterocycles. The third-order valence-corrected chi connectivity index (χ3v) is 18.2. The summed E-state index contributed by atoms with van der Waals surface area (Å²) < 4.78 is 36.7. The molecule has 0 aliphatic rings. The van der Waals surface area contributed by atoms with Crippen molar-refractivity contribution in [2.24, 2.45) is 10.8 Å². The van der Waals surface area contributed by atoms with Crippen molar-refractivity contribution in [3.8, 4) is 5.75 Å². The predicted molar refractivity (Wildman–Crippen MR) is 425 cm³/mol. The maximum Gasteiger partial charge on any atom is 0.311 e. The van der Waals surface area contributed by atoms with Gasteiger partial charge in [0.1, 0.15) is 104 Å². The standard InChI is InChI=1S/C26H40NO2.C19H24NO2.C16H26NO2.C15H24NO2.C13H20NO2/c1-25(2,3)26(4,5)23-13-15-24(16-14-23)29-20-19-28-18-17-27(6,7)21-22-11-9-8-10-12-22;1-20(2,16-18-11-7-4-8-12-18)13-14-22-19(21)15-17-9-5-3-6-10-17;1-16(2,3)15(18)19-12-11-17(4,5)13-14-9-7-6-8-10-14;1-4-8-15(17)18-12-11-16(2,3)13-14-9-6-5-7-10-14;1-12(15)16-10-9-14(2,3)11-13-7-5-4-6-8-13/h8-16H,17-21H2,1-7H3;3-12H,13-16H2,1-2H3;6-10H,11-13H2,1-5H3;5-7,9-10H,4,8,11-13H2,1-3H3;4-8H,9-11H2,1-3H3/q5*+1. The number of rotatable bonds is 34. The first-order valence-electron chi connectivity index (χ1n) is 37.1. The summed E-state index contributed by atoms with van der Waals surface area (Å²) in [5, 5.41) is 0. The number of hydrogen-bond donors (Lipinski definition) is 0. The van der Waals surface area contributed by atoms with Crippen LogP contribution in [0.4, 0.5) is 0 Å². The molecule has 15 nitrogen and oxygen atoms in total. The van der Waals surface area contributed by atoms with Crippen LogP contribution in [0, 0.1) is 10.8 Å². The molecule has 0 spiro atoms. The fourth-order valence-corrected chi connectivity index (χ4v) is 10.8. The molecule has 0 fully saturated rings. The van der Waals surface area contributed by atoms with Gasteiger partial charge in [0.15, 0.2) is 0 Å². The predicted octanol–water partition coefficient (Wildman–Crippen LogP) is 16.0. The van der Waals surface area contributed by atoms with Crippen molar-refractivity contribution in [1.82, 2.24) is 0 Å². The highest BCUT2D eigenvalue weighted by Crippen LogP contribution is 2.41. The number of benzene rings is 7. The summed E-state index contributed by atoms with van der Waals surface area (Å²) >= 11 is 0. The van der Waals surface area contributed by atoms with E-state index in [1.54, 1.807) is 0 Å². The van der Waals surface area contributed by atoms with Crippen molar-refractivity contribution in [3.63, 3.8) is 0 Å². The van der Waals surface area contributed by atoms with Crippen LogP contribution in [-0.4, -0.2) is 196 Å². The highest BCUT2D eigenvalue weighted by atomic mass is 16.5. The van der Waals surface area contributed by atoms with Gasteiger partial charge < -0.3 is 50.8 Å². The second-order valence-corrected chi connectivity index (χ2v) is 33.0. The van der Waals surface area contributed by atoms with E-state index in [1.165, 1.54) is 40.3 Å². The second-order valence-electron chi connectivity index (χ2n) is 33.0. The molecule has 7 aromatic rings. The Bertz CT molecular complexity index is 3460. The maximum absolute atomic E-state index is 11.8. The van der Waals surface area contributed by atoms with E-state index in [9.17, 15) is 19.2 Å². The molecule has 15 heteroatoms. The number of quaternary nitrogens is 5. The van der Waals surface area contributed by atoms with Gasteiger partial charge in [-0.25, -0.2) is 0 Å². The van der Waals surface area contributed by atoms with Crippen LogP contribution < -0.4 is 4.74 Å². The first-order chi connectivity index (χ1) is 48.8. The molecule has 0 unspecified atom stereocenters. The molecule has 7 aromatic carbocycles. The minimum Gasteiger partial charge on any atom is -0.491 e. The first-order valence-corrected chi connectivity index (χ1v) is 37.1. The average molecular weight is 1430 g/mol. The van der Waals surface area contributed by atoms with Gasteiger partial charge in [0.2, 0.25) is 0 Å². The second kappa shape index (κ2) is 45.4. The van der Waals surface area contributed by atoms with E-state index in [-0.39, 0.29) is 34.7 Å². The van der Waals surface area contributed by atoms with Gasteiger partial charge in [0.25, 0.3) is 0 Å². The van der Waals surface area contributed by atoms with Gasteiger partial charge in [-0.3, -0.25) is 19.2 Å². The Kier molecular flexibility index (Phi) is 39.3. The Labute approximate surface area is 628 Å². The molecular formula is C89H134N5O10+5. The Morgan fingerprint density at radius 2 is 0.635 bits per heavy atom. The smallest absolute Gasteiger partial charge is 0.311 e. The zero-order valence-corrected chi connectivity index (χ0v) is 67.6. The number of carbonyl (C=O) groups excluding carboxylic acids is 4. The molecule has 0 saturated carbocycles. The summed E-state index contributed by atoms with van der Waals surface area (Å²) in [4.78, 5) is 45.4. The molecule has 0 aliphatic carbocycles. The minimum absolute atomic E-state index is 0.0859. The SMILES string of the molecule is CC(=O)OCC[N+](C)(C)Cc1ccccc1.CC(C)(C)C(=O)OCC[N+](C)(C)Cc1ccccc1.CC(C)(C)C(C)(C)c1ccc(OCCOCC[N+](C)(C)Cc2ccccc2)cc1.CCCC(=O)OCC[N+](C)(C)Cc1ccccc1.C[N+](C)(CCOC(=O)Cc1ccccc1)Cc1ccccc1. The first kappa shape index (κ1) is 90.2. The van der Waals surface area contributed by atoms with Crippen molar-refractivity contribution in [1.29, 1.82) is 0 Å². The monoisotopic (exact) mass is 1430 g/mol. The van der Waals surface area contributed by atoms with Gasteiger partial charge >= 0.3 is 23.9 Å². The summed E-state index contributed by atoms with van der Waals surface area (Å²) in [5.74, 6) is 0.317. The Balaban J connectivity index is 0.000000343. The Morgan fingerprint density at radius 1 is 0.337 bits per heavy atom. The van der Waals surface area contributed by atoms with Gasteiger partial charge in [-0.2, -0.15) is 0 Å². The van der Waals surface area contributed by atoms with Gasteiger partial charge in [0, 0.05) is 41.2 Å². The normalized spacial score (nSPS) is 11.8. The molecule has 0 N–H and O–H groups in total. The van der Waals surface area contributed by atoms with E-state index in [0.717, 1.165) is 112 Å². The lowest BCUT2D eigenvalue weighted by molar-refractivity contribution is -0.904. The molecule has 0 amide bonds. The number of nitrogens with zero attached hydrogens (tertiary/aromatic N) is 5. The van der Waals surface area contributed by atoms with Gasteiger partial charge in [0.05, 0.1) is 95.5 Å². The van der Waals surface area contributed by atoms with Crippen molar-refractivity contribution in [2.45, 2.75) is 127 Å². The fraction of sp³-hybridized carbons (Fsp3) is 0.483. The van der Waals surface area contributed by atoms with Crippen LogP contribution in [-0.2, 0) is 87.4 Å². The highest BCUT2D eigenvalue weighted by Gasteiger charge is 2.34. The van der Waals surface area contributed by atoms with E-state index in [2.05, 4.69) is 245 Å². The van der Waals surface area contributed by atoms with E-state index in [0.29, 0.717) is 52.5 Å². The maximum atomic E-state index is 11.8. The van der Waals surface area contributed by atoms with E-state index in [1.807, 2.05) is 94.4 Å². The summed E-state index contributed by atoms with van der Waals surface area (Å²) in [6, 6.07) is 70.3. The highest BCUT2D eigenvalue weighted by molar-refractivity contribution is 5.75. The van der Waals surface area contributed by atoms with E-state index >= 15 is 0 Å². The molecule has 7 rings (SSSR count). The van der Waals surface area contributed by atoms with E-state index in [4.69, 9.17) is 28.4 Å². The number of ether oxygens (including phenoxy) is 6. The van der Waals surface area contributed by atoms with Crippen molar-refractivity contribution in [3.05, 3.63) is 245 Å². The lowest BCUT2D eigenvalue weighted by Gasteiger charge is -2.39. The number of likely N-dealkylation sites (N-methyl/N-ethyl adjacent to an activating group) is 5. The zero-order chi connectivity index (χ0) is 77.4. The van der Waals surface area contributed by atoms with Crippen molar-refractivity contribution in [2.75, 3.05) is 149 Å². The Morgan fingerprint density at radius 3 is 0.942 bits per heavy atom. The third kappa shape index (κ3) is 40.9. The van der Waals surface area contributed by atoms with Crippen molar-refractivity contribution < 1.29 is 70.0 Å². The number of carbonyl (C=O) groups is 4. The lowest BCUT2D eigenvalue weighted by Crippen LogP contribution is -2.42. The fourth-order valence-electron chi connectivity index (χ4n) is 10.8. The quantitative estimate of drug-likeness (QED) is 0.0167. The molecule has 0 atom stereocenters. The van der Waals surface area contributed by atoms with E-state index < -0.39 is 5.41 Å². The van der Waals surface area contributed by atoms with Crippen LogP contribution in [0.25, 0.3) is 0 Å². The number of esters is 4. The van der Waals surface area contributed by atoms with Crippen LogP contribution in [0.1, 0.15) is 121 Å². The Hall–Kier alpha value is -8.02. The average Bonchev–Trinajstić information content (AvgIpc) is 0.797. The molecule has 0 radical (unpaired) electrons.